The summed E-state index contributed by atoms with van der Waals surface area (Å²) in [5.74, 6) is 0.735. The van der Waals surface area contributed by atoms with E-state index in [1.807, 2.05) is 18.2 Å². The summed E-state index contributed by atoms with van der Waals surface area (Å²) >= 11 is 6.45. The van der Waals surface area contributed by atoms with Crippen molar-refractivity contribution in [3.63, 3.8) is 0 Å². The van der Waals surface area contributed by atoms with Gasteiger partial charge in [0.15, 0.2) is 11.6 Å². The van der Waals surface area contributed by atoms with Crippen molar-refractivity contribution in [2.24, 2.45) is 0 Å². The average molecular weight is 502 g/mol. The molecule has 1 saturated carbocycles. The molecule has 0 atom stereocenters. The molecule has 0 saturated heterocycles. The van der Waals surface area contributed by atoms with E-state index in [4.69, 9.17) is 31.5 Å². The minimum atomic E-state index is -0.434. The highest BCUT2D eigenvalue weighted by Gasteiger charge is 2.26. The maximum Gasteiger partial charge on any atom is 0.323 e. The monoisotopic (exact) mass is 501 g/mol. The summed E-state index contributed by atoms with van der Waals surface area (Å²) in [6.07, 6.45) is 6.60. The molecule has 186 valence electrons. The first-order valence-corrected chi connectivity index (χ1v) is 12.1. The van der Waals surface area contributed by atoms with E-state index in [0.29, 0.717) is 16.7 Å². The fourth-order valence-electron chi connectivity index (χ4n) is 4.19. The van der Waals surface area contributed by atoms with Crippen LogP contribution in [0.4, 0.5) is 22.0 Å². The maximum atomic E-state index is 13.7. The molecule has 2 N–H and O–H groups in total. The van der Waals surface area contributed by atoms with Crippen LogP contribution < -0.4 is 24.8 Å². The largest absolute Gasteiger partial charge is 0.495 e. The minimum absolute atomic E-state index is 0.0400. The van der Waals surface area contributed by atoms with Gasteiger partial charge in [-0.15, -0.1) is 0 Å². The van der Waals surface area contributed by atoms with Crippen LogP contribution in [0.5, 0.6) is 17.5 Å². The van der Waals surface area contributed by atoms with Gasteiger partial charge in [-0.3, -0.25) is 0 Å². The van der Waals surface area contributed by atoms with Crippen LogP contribution in [0.2, 0.25) is 5.02 Å². The molecule has 1 fully saturated rings. The minimum Gasteiger partial charge on any atom is -0.495 e. The molecule has 3 aromatic rings. The number of hydrogen-bond acceptors (Lipinski definition) is 8. The third-order valence-corrected chi connectivity index (χ3v) is 6.14. The zero-order chi connectivity index (χ0) is 24.6. The fraction of sp³-hybridized carbons (Fsp3) is 0.400. The number of rotatable bonds is 9. The van der Waals surface area contributed by atoms with Crippen molar-refractivity contribution >= 4 is 29.2 Å². The van der Waals surface area contributed by atoms with Crippen molar-refractivity contribution < 1.29 is 18.6 Å². The highest BCUT2D eigenvalue weighted by Crippen LogP contribution is 2.36. The number of aromatic nitrogens is 3. The zero-order valence-corrected chi connectivity index (χ0v) is 20.4. The second-order valence-corrected chi connectivity index (χ2v) is 8.64. The Morgan fingerprint density at radius 2 is 1.71 bits per heavy atom. The molecule has 10 heteroatoms. The van der Waals surface area contributed by atoms with Gasteiger partial charge in [0.25, 0.3) is 0 Å². The predicted molar refractivity (Wildman–Crippen MR) is 133 cm³/mol. The molecule has 2 aromatic carbocycles. The lowest BCUT2D eigenvalue weighted by Gasteiger charge is -2.31. The molecule has 0 unspecified atom stereocenters. The third kappa shape index (κ3) is 6.42. The number of nitrogens with zero attached hydrogens (tertiary/aromatic N) is 4. The van der Waals surface area contributed by atoms with Gasteiger partial charge in [-0.05, 0) is 43.2 Å². The Morgan fingerprint density at radius 1 is 0.971 bits per heavy atom. The van der Waals surface area contributed by atoms with Crippen LogP contribution in [0.15, 0.2) is 42.5 Å². The number of nitrogens with two attached hydrogens (primary N) is 1. The molecule has 0 radical (unpaired) electrons. The topological polar surface area (TPSA) is 95.6 Å². The molecular weight excluding hydrogens is 473 g/mol. The van der Waals surface area contributed by atoms with Gasteiger partial charge in [0.2, 0.25) is 11.9 Å². The standard InChI is InChI=1S/C25H29ClFN5O3/c1-33-21-13-12-18(16-19(21)26)32(17-8-4-2-3-5-9-17)24-29-23(28)30-25(31-24)35-15-14-34-22-11-7-6-10-20(22)27/h6-7,10-13,16-17H,2-5,8-9,14-15H2,1H3,(H2,28,29,30,31). The quantitative estimate of drug-likeness (QED) is 0.300. The van der Waals surface area contributed by atoms with Crippen LogP contribution in [0.25, 0.3) is 0 Å². The van der Waals surface area contributed by atoms with E-state index >= 15 is 0 Å². The van der Waals surface area contributed by atoms with Gasteiger partial charge in [0, 0.05) is 11.7 Å². The van der Waals surface area contributed by atoms with E-state index in [0.717, 1.165) is 31.4 Å². The molecular formula is C25H29ClFN5O3. The molecule has 35 heavy (non-hydrogen) atoms. The molecule has 8 nitrogen and oxygen atoms in total. The van der Waals surface area contributed by atoms with Crippen molar-refractivity contribution in [2.75, 3.05) is 31.0 Å². The number of nitrogen functional groups attached to an aromatic ring is 1. The lowest BCUT2D eigenvalue weighted by atomic mass is 10.1. The normalized spacial score (nSPS) is 14.3. The molecule has 0 bridgehead atoms. The Kier molecular flexibility index (Phi) is 8.41. The molecule has 0 amide bonds. The van der Waals surface area contributed by atoms with Crippen LogP contribution in [0.3, 0.4) is 0 Å². The van der Waals surface area contributed by atoms with Gasteiger partial charge in [0.05, 0.1) is 12.1 Å². The van der Waals surface area contributed by atoms with Gasteiger partial charge in [-0.25, -0.2) is 4.39 Å². The van der Waals surface area contributed by atoms with E-state index in [-0.39, 0.29) is 37.0 Å². The Hall–Kier alpha value is -3.33. The maximum absolute atomic E-state index is 13.7. The SMILES string of the molecule is COc1ccc(N(c2nc(N)nc(OCCOc3ccccc3F)n2)C2CCCCCC2)cc1Cl. The van der Waals surface area contributed by atoms with Gasteiger partial charge in [-0.1, -0.05) is 49.4 Å². The summed E-state index contributed by atoms with van der Waals surface area (Å²) in [5.41, 5.74) is 6.87. The number of anilines is 3. The van der Waals surface area contributed by atoms with E-state index < -0.39 is 5.82 Å². The van der Waals surface area contributed by atoms with Crippen LogP contribution in [-0.2, 0) is 0 Å². The summed E-state index contributed by atoms with van der Waals surface area (Å²) in [4.78, 5) is 15.1. The zero-order valence-electron chi connectivity index (χ0n) is 19.6. The van der Waals surface area contributed by atoms with Gasteiger partial charge in [-0.2, -0.15) is 15.0 Å². The van der Waals surface area contributed by atoms with Crippen LogP contribution in [0, 0.1) is 5.82 Å². The van der Waals surface area contributed by atoms with Gasteiger partial charge < -0.3 is 24.8 Å². The van der Waals surface area contributed by atoms with Crippen molar-refractivity contribution in [1.29, 1.82) is 0 Å². The molecule has 1 aliphatic carbocycles. The number of halogens is 2. The van der Waals surface area contributed by atoms with Crippen molar-refractivity contribution in [3.8, 4) is 17.5 Å². The van der Waals surface area contributed by atoms with Crippen LogP contribution >= 0.6 is 11.6 Å². The lowest BCUT2D eigenvalue weighted by molar-refractivity contribution is 0.201. The highest BCUT2D eigenvalue weighted by atomic mass is 35.5. The van der Waals surface area contributed by atoms with Crippen LogP contribution in [0.1, 0.15) is 38.5 Å². The Balaban J connectivity index is 1.55. The molecule has 1 heterocycles. The molecule has 0 spiro atoms. The number of methoxy groups -OCH3 is 1. The molecule has 4 rings (SSSR count). The molecule has 1 aliphatic rings. The van der Waals surface area contributed by atoms with Gasteiger partial charge >= 0.3 is 6.01 Å². The summed E-state index contributed by atoms with van der Waals surface area (Å²) in [5, 5.41) is 0.493. The van der Waals surface area contributed by atoms with Crippen LogP contribution in [-0.4, -0.2) is 41.3 Å². The van der Waals surface area contributed by atoms with E-state index in [2.05, 4.69) is 19.9 Å². The Labute approximate surface area is 209 Å². The van der Waals surface area contributed by atoms with Crippen molar-refractivity contribution in [1.82, 2.24) is 15.0 Å². The predicted octanol–water partition coefficient (Wildman–Crippen LogP) is 5.57. The first-order chi connectivity index (χ1) is 17.0. The molecule has 0 aliphatic heterocycles. The molecule has 1 aromatic heterocycles. The highest BCUT2D eigenvalue weighted by molar-refractivity contribution is 6.32. The second kappa shape index (κ2) is 11.9. The lowest BCUT2D eigenvalue weighted by Crippen LogP contribution is -2.32. The number of hydrogen-bond donors (Lipinski definition) is 1. The Bertz CT molecular complexity index is 1130. The summed E-state index contributed by atoms with van der Waals surface area (Å²) in [6.45, 7) is 0.220. The van der Waals surface area contributed by atoms with Crippen molar-refractivity contribution in [2.45, 2.75) is 44.6 Å². The van der Waals surface area contributed by atoms with Crippen molar-refractivity contribution in [3.05, 3.63) is 53.3 Å². The second-order valence-electron chi connectivity index (χ2n) is 8.24. The summed E-state index contributed by atoms with van der Waals surface area (Å²) in [6, 6.07) is 12.0. The number of para-hydroxylation sites is 1. The Morgan fingerprint density at radius 3 is 2.43 bits per heavy atom. The first-order valence-electron chi connectivity index (χ1n) is 11.7. The summed E-state index contributed by atoms with van der Waals surface area (Å²) < 4.78 is 30.2. The number of benzene rings is 2. The van der Waals surface area contributed by atoms with E-state index in [1.54, 1.807) is 25.3 Å². The van der Waals surface area contributed by atoms with E-state index in [9.17, 15) is 4.39 Å². The third-order valence-electron chi connectivity index (χ3n) is 5.85. The smallest absolute Gasteiger partial charge is 0.323 e. The van der Waals surface area contributed by atoms with E-state index in [1.165, 1.54) is 18.9 Å². The van der Waals surface area contributed by atoms with Gasteiger partial charge in [0.1, 0.15) is 19.0 Å². The summed E-state index contributed by atoms with van der Waals surface area (Å²) in [7, 11) is 1.58. The fourth-order valence-corrected chi connectivity index (χ4v) is 4.44. The average Bonchev–Trinajstić information content (AvgIpc) is 3.12. The first kappa shape index (κ1) is 24.8. The number of ether oxygens (including phenoxy) is 3.